The SMILES string of the molecule is Cc1cc(Cl)c(OCC2CCC2)c(C2(C(C)N)CC2)c1. The number of ether oxygens (including phenoxy) is 1. The van der Waals surface area contributed by atoms with Gasteiger partial charge in [0, 0.05) is 17.0 Å². The second-order valence-electron chi connectivity index (χ2n) is 6.68. The smallest absolute Gasteiger partial charge is 0.141 e. The molecule has 0 spiro atoms. The van der Waals surface area contributed by atoms with Crippen molar-refractivity contribution in [3.63, 3.8) is 0 Å². The van der Waals surface area contributed by atoms with Crippen molar-refractivity contribution < 1.29 is 4.74 Å². The highest BCUT2D eigenvalue weighted by molar-refractivity contribution is 6.32. The molecule has 1 aromatic carbocycles. The van der Waals surface area contributed by atoms with Gasteiger partial charge in [0.15, 0.2) is 0 Å². The van der Waals surface area contributed by atoms with Gasteiger partial charge in [-0.3, -0.25) is 0 Å². The van der Waals surface area contributed by atoms with Crippen LogP contribution in [-0.4, -0.2) is 12.6 Å². The summed E-state index contributed by atoms with van der Waals surface area (Å²) in [4.78, 5) is 0. The monoisotopic (exact) mass is 293 g/mol. The van der Waals surface area contributed by atoms with E-state index in [1.165, 1.54) is 30.4 Å². The zero-order chi connectivity index (χ0) is 14.3. The number of halogens is 1. The van der Waals surface area contributed by atoms with E-state index in [2.05, 4.69) is 19.9 Å². The third-order valence-electron chi connectivity index (χ3n) is 5.07. The maximum Gasteiger partial charge on any atom is 0.141 e. The third kappa shape index (κ3) is 2.44. The van der Waals surface area contributed by atoms with Gasteiger partial charge < -0.3 is 10.5 Å². The molecule has 2 saturated carbocycles. The van der Waals surface area contributed by atoms with E-state index >= 15 is 0 Å². The fraction of sp³-hybridized carbons (Fsp3) is 0.647. The van der Waals surface area contributed by atoms with Crippen LogP contribution in [0.1, 0.15) is 50.2 Å². The molecule has 0 saturated heterocycles. The second kappa shape index (κ2) is 5.23. The van der Waals surface area contributed by atoms with Crippen LogP contribution in [0, 0.1) is 12.8 Å². The average molecular weight is 294 g/mol. The van der Waals surface area contributed by atoms with Crippen LogP contribution < -0.4 is 10.5 Å². The molecule has 2 aliphatic rings. The largest absolute Gasteiger partial charge is 0.491 e. The van der Waals surface area contributed by atoms with Crippen LogP contribution in [-0.2, 0) is 5.41 Å². The molecule has 20 heavy (non-hydrogen) atoms. The molecule has 0 bridgehead atoms. The minimum absolute atomic E-state index is 0.0879. The van der Waals surface area contributed by atoms with E-state index < -0.39 is 0 Å². The van der Waals surface area contributed by atoms with Gasteiger partial charge in [-0.25, -0.2) is 0 Å². The molecule has 2 aliphatic carbocycles. The topological polar surface area (TPSA) is 35.2 Å². The zero-order valence-corrected chi connectivity index (χ0v) is 13.2. The highest BCUT2D eigenvalue weighted by atomic mass is 35.5. The predicted octanol–water partition coefficient (Wildman–Crippen LogP) is 4.21. The number of hydrogen-bond donors (Lipinski definition) is 1. The van der Waals surface area contributed by atoms with Crippen molar-refractivity contribution in [1.82, 2.24) is 0 Å². The molecule has 2 nitrogen and oxygen atoms in total. The molecule has 0 aliphatic heterocycles. The lowest BCUT2D eigenvalue weighted by Crippen LogP contribution is -2.32. The molecule has 1 aromatic rings. The maximum atomic E-state index is 6.45. The molecule has 3 rings (SSSR count). The molecule has 2 N–H and O–H groups in total. The van der Waals surface area contributed by atoms with E-state index in [1.54, 1.807) is 0 Å². The lowest BCUT2D eigenvalue weighted by atomic mass is 9.86. The molecule has 0 aromatic heterocycles. The first kappa shape index (κ1) is 14.2. The molecule has 1 atom stereocenters. The molecular formula is C17H24ClNO. The molecule has 1 unspecified atom stereocenters. The van der Waals surface area contributed by atoms with E-state index in [4.69, 9.17) is 22.1 Å². The van der Waals surface area contributed by atoms with Crippen molar-refractivity contribution in [3.8, 4) is 5.75 Å². The predicted molar refractivity (Wildman–Crippen MR) is 83.6 cm³/mol. The minimum atomic E-state index is 0.0879. The fourth-order valence-corrected chi connectivity index (χ4v) is 3.54. The Balaban J connectivity index is 1.90. The van der Waals surface area contributed by atoms with Gasteiger partial charge in [0.2, 0.25) is 0 Å². The highest BCUT2D eigenvalue weighted by Gasteiger charge is 2.49. The van der Waals surface area contributed by atoms with E-state index in [-0.39, 0.29) is 11.5 Å². The first-order chi connectivity index (χ1) is 9.53. The zero-order valence-electron chi connectivity index (χ0n) is 12.4. The van der Waals surface area contributed by atoms with Crippen molar-refractivity contribution in [2.75, 3.05) is 6.61 Å². The summed E-state index contributed by atoms with van der Waals surface area (Å²) < 4.78 is 6.12. The summed E-state index contributed by atoms with van der Waals surface area (Å²) in [5.74, 6) is 1.60. The molecule has 0 amide bonds. The Hall–Kier alpha value is -0.730. The van der Waals surface area contributed by atoms with E-state index in [0.29, 0.717) is 5.92 Å². The molecule has 2 fully saturated rings. The van der Waals surface area contributed by atoms with Gasteiger partial charge in [0.1, 0.15) is 5.75 Å². The van der Waals surface area contributed by atoms with Crippen LogP contribution >= 0.6 is 11.6 Å². The number of hydrogen-bond acceptors (Lipinski definition) is 2. The van der Waals surface area contributed by atoms with Crippen LogP contribution in [0.25, 0.3) is 0 Å². The van der Waals surface area contributed by atoms with Crippen LogP contribution in [0.4, 0.5) is 0 Å². The van der Waals surface area contributed by atoms with E-state index in [1.807, 2.05) is 6.07 Å². The Morgan fingerprint density at radius 2 is 2.10 bits per heavy atom. The molecule has 0 heterocycles. The van der Waals surface area contributed by atoms with Crippen LogP contribution in [0.15, 0.2) is 12.1 Å². The van der Waals surface area contributed by atoms with Crippen molar-refractivity contribution >= 4 is 11.6 Å². The molecule has 3 heteroatoms. The van der Waals surface area contributed by atoms with E-state index in [9.17, 15) is 0 Å². The Kier molecular flexibility index (Phi) is 3.72. The first-order valence-electron chi connectivity index (χ1n) is 7.72. The van der Waals surface area contributed by atoms with E-state index in [0.717, 1.165) is 30.2 Å². The first-order valence-corrected chi connectivity index (χ1v) is 8.10. The quantitative estimate of drug-likeness (QED) is 0.883. The average Bonchev–Trinajstić information content (AvgIpc) is 3.10. The highest BCUT2D eigenvalue weighted by Crippen LogP contribution is 2.54. The Labute approximate surface area is 126 Å². The number of rotatable bonds is 5. The summed E-state index contributed by atoms with van der Waals surface area (Å²) in [5.41, 5.74) is 8.74. The van der Waals surface area contributed by atoms with Gasteiger partial charge >= 0.3 is 0 Å². The Bertz CT molecular complexity index is 504. The van der Waals surface area contributed by atoms with Gasteiger partial charge in [-0.1, -0.05) is 24.1 Å². The lowest BCUT2D eigenvalue weighted by molar-refractivity contribution is 0.178. The summed E-state index contributed by atoms with van der Waals surface area (Å²) >= 11 is 6.45. The summed E-state index contributed by atoms with van der Waals surface area (Å²) in [6, 6.07) is 4.36. The van der Waals surface area contributed by atoms with Crippen molar-refractivity contribution in [1.29, 1.82) is 0 Å². The summed E-state index contributed by atoms with van der Waals surface area (Å²) in [6.07, 6.45) is 6.20. The summed E-state index contributed by atoms with van der Waals surface area (Å²) in [5, 5.41) is 0.742. The van der Waals surface area contributed by atoms with Crippen molar-refractivity contribution in [3.05, 3.63) is 28.3 Å². The van der Waals surface area contributed by atoms with Crippen LogP contribution in [0.3, 0.4) is 0 Å². The Morgan fingerprint density at radius 3 is 2.60 bits per heavy atom. The third-order valence-corrected chi connectivity index (χ3v) is 5.35. The fourth-order valence-electron chi connectivity index (χ4n) is 3.21. The van der Waals surface area contributed by atoms with Crippen molar-refractivity contribution in [2.24, 2.45) is 11.7 Å². The van der Waals surface area contributed by atoms with Gasteiger partial charge in [0.25, 0.3) is 0 Å². The molecule has 0 radical (unpaired) electrons. The maximum absolute atomic E-state index is 6.45. The van der Waals surface area contributed by atoms with Gasteiger partial charge in [-0.2, -0.15) is 0 Å². The van der Waals surface area contributed by atoms with Crippen LogP contribution in [0.2, 0.25) is 5.02 Å². The second-order valence-corrected chi connectivity index (χ2v) is 7.08. The van der Waals surface area contributed by atoms with Crippen molar-refractivity contribution in [2.45, 2.75) is 57.4 Å². The van der Waals surface area contributed by atoms with Crippen LogP contribution in [0.5, 0.6) is 5.75 Å². The Morgan fingerprint density at radius 1 is 1.40 bits per heavy atom. The minimum Gasteiger partial charge on any atom is -0.491 e. The number of nitrogens with two attached hydrogens (primary N) is 1. The molecule has 110 valence electrons. The van der Waals surface area contributed by atoms with Gasteiger partial charge in [-0.05, 0) is 57.1 Å². The van der Waals surface area contributed by atoms with Gasteiger partial charge in [-0.15, -0.1) is 0 Å². The number of benzene rings is 1. The summed E-state index contributed by atoms with van der Waals surface area (Å²) in [7, 11) is 0. The standard InChI is InChI=1S/C17H24ClNO/c1-11-8-14(17(6-7-17)12(2)19)16(15(18)9-11)20-10-13-4-3-5-13/h8-9,12-13H,3-7,10,19H2,1-2H3. The summed E-state index contributed by atoms with van der Waals surface area (Å²) in [6.45, 7) is 4.98. The number of aryl methyl sites for hydroxylation is 1. The molecular weight excluding hydrogens is 270 g/mol. The normalized spacial score (nSPS) is 22.2. The van der Waals surface area contributed by atoms with Gasteiger partial charge in [0.05, 0.1) is 11.6 Å². The lowest BCUT2D eigenvalue weighted by Gasteiger charge is -2.28.